The molecule has 0 aliphatic heterocycles. The van der Waals surface area contributed by atoms with Gasteiger partial charge in [-0.1, -0.05) is 47.2 Å². The number of aromatic nitrogens is 3. The number of aryl methyl sites for hydroxylation is 1. The number of para-hydroxylation sites is 1. The standard InChI is InChI=1S/C18H15ClN4S/c1-23-11-10-20-17(23)16(12-6-8-13(19)9-7-12)22-18-21-14-4-2-3-5-15(14)24-18/h2-11,16H,1H3,(H,21,22). The summed E-state index contributed by atoms with van der Waals surface area (Å²) < 4.78 is 3.18. The fraction of sp³-hybridized carbons (Fsp3) is 0.111. The first-order valence-electron chi connectivity index (χ1n) is 7.55. The van der Waals surface area contributed by atoms with Gasteiger partial charge in [-0.15, -0.1) is 0 Å². The van der Waals surface area contributed by atoms with Crippen LogP contribution in [0.25, 0.3) is 10.2 Å². The zero-order valence-electron chi connectivity index (χ0n) is 13.0. The smallest absolute Gasteiger partial charge is 0.184 e. The molecule has 2 heterocycles. The van der Waals surface area contributed by atoms with E-state index in [2.05, 4.69) is 21.4 Å². The van der Waals surface area contributed by atoms with E-state index in [-0.39, 0.29) is 6.04 Å². The summed E-state index contributed by atoms with van der Waals surface area (Å²) in [6, 6.07) is 15.9. The van der Waals surface area contributed by atoms with Crippen LogP contribution in [0.15, 0.2) is 60.9 Å². The number of thiazole rings is 1. The molecule has 4 rings (SSSR count). The van der Waals surface area contributed by atoms with Gasteiger partial charge in [0.2, 0.25) is 0 Å². The van der Waals surface area contributed by atoms with E-state index in [1.165, 1.54) is 0 Å². The fourth-order valence-electron chi connectivity index (χ4n) is 2.66. The number of rotatable bonds is 4. The number of halogens is 1. The number of benzene rings is 2. The first-order chi connectivity index (χ1) is 11.7. The van der Waals surface area contributed by atoms with Crippen LogP contribution in [0.5, 0.6) is 0 Å². The second kappa shape index (κ2) is 6.26. The lowest BCUT2D eigenvalue weighted by atomic mass is 10.1. The number of nitrogens with zero attached hydrogens (tertiary/aromatic N) is 3. The van der Waals surface area contributed by atoms with Crippen LogP contribution >= 0.6 is 22.9 Å². The van der Waals surface area contributed by atoms with Gasteiger partial charge in [-0.2, -0.15) is 0 Å². The molecular weight excluding hydrogens is 340 g/mol. The molecule has 0 saturated carbocycles. The van der Waals surface area contributed by atoms with Crippen LogP contribution in [0.3, 0.4) is 0 Å². The van der Waals surface area contributed by atoms with Gasteiger partial charge in [0.25, 0.3) is 0 Å². The molecular formula is C18H15ClN4S. The Morgan fingerprint density at radius 2 is 1.92 bits per heavy atom. The van der Waals surface area contributed by atoms with Gasteiger partial charge in [-0.3, -0.25) is 0 Å². The lowest BCUT2D eigenvalue weighted by Crippen LogP contribution is -2.16. The van der Waals surface area contributed by atoms with Gasteiger partial charge in [-0.05, 0) is 29.8 Å². The Labute approximate surface area is 148 Å². The summed E-state index contributed by atoms with van der Waals surface area (Å²) in [6.07, 6.45) is 3.75. The van der Waals surface area contributed by atoms with Crippen molar-refractivity contribution in [2.45, 2.75) is 6.04 Å². The monoisotopic (exact) mass is 354 g/mol. The van der Waals surface area contributed by atoms with Gasteiger partial charge < -0.3 is 9.88 Å². The highest BCUT2D eigenvalue weighted by Gasteiger charge is 2.20. The largest absolute Gasteiger partial charge is 0.348 e. The minimum atomic E-state index is -0.0946. The highest BCUT2D eigenvalue weighted by Crippen LogP contribution is 2.31. The average molecular weight is 355 g/mol. The molecule has 6 heteroatoms. The van der Waals surface area contributed by atoms with Crippen LogP contribution in [0.1, 0.15) is 17.4 Å². The van der Waals surface area contributed by atoms with Crippen LogP contribution in [0.4, 0.5) is 5.13 Å². The number of fused-ring (bicyclic) bond motifs is 1. The molecule has 24 heavy (non-hydrogen) atoms. The van der Waals surface area contributed by atoms with E-state index < -0.39 is 0 Å². The van der Waals surface area contributed by atoms with Crippen LogP contribution < -0.4 is 5.32 Å². The molecule has 2 aromatic carbocycles. The molecule has 0 fully saturated rings. The number of nitrogens with one attached hydrogen (secondary N) is 1. The maximum absolute atomic E-state index is 6.03. The van der Waals surface area contributed by atoms with Gasteiger partial charge in [0.05, 0.1) is 10.2 Å². The molecule has 0 saturated heterocycles. The minimum Gasteiger partial charge on any atom is -0.348 e. The Morgan fingerprint density at radius 1 is 1.12 bits per heavy atom. The quantitative estimate of drug-likeness (QED) is 0.567. The van der Waals surface area contributed by atoms with Gasteiger partial charge in [0.1, 0.15) is 11.9 Å². The number of hydrogen-bond acceptors (Lipinski definition) is 4. The Morgan fingerprint density at radius 3 is 2.62 bits per heavy atom. The van der Waals surface area contributed by atoms with E-state index in [1.54, 1.807) is 17.5 Å². The van der Waals surface area contributed by atoms with Crippen LogP contribution in [0, 0.1) is 0 Å². The van der Waals surface area contributed by atoms with Gasteiger partial charge >= 0.3 is 0 Å². The number of hydrogen-bond donors (Lipinski definition) is 1. The summed E-state index contributed by atoms with van der Waals surface area (Å²) in [5, 5.41) is 5.12. The van der Waals surface area contributed by atoms with Crippen molar-refractivity contribution in [2.75, 3.05) is 5.32 Å². The molecule has 1 N–H and O–H groups in total. The topological polar surface area (TPSA) is 42.7 Å². The third kappa shape index (κ3) is 2.88. The van der Waals surface area contributed by atoms with Crippen molar-refractivity contribution in [3.63, 3.8) is 0 Å². The third-order valence-electron chi connectivity index (χ3n) is 3.88. The van der Waals surface area contributed by atoms with E-state index in [9.17, 15) is 0 Å². The van der Waals surface area contributed by atoms with Crippen molar-refractivity contribution >= 4 is 38.3 Å². The Hall–Kier alpha value is -2.37. The lowest BCUT2D eigenvalue weighted by Gasteiger charge is -2.18. The third-order valence-corrected chi connectivity index (χ3v) is 5.10. The average Bonchev–Trinajstić information content (AvgIpc) is 3.19. The molecule has 0 radical (unpaired) electrons. The molecule has 1 atom stereocenters. The summed E-state index contributed by atoms with van der Waals surface area (Å²) in [7, 11) is 1.99. The molecule has 1 unspecified atom stereocenters. The van der Waals surface area contributed by atoms with Gasteiger partial charge in [0.15, 0.2) is 5.13 Å². The predicted octanol–water partition coefficient (Wildman–Crippen LogP) is 4.88. The molecule has 4 aromatic rings. The van der Waals surface area contributed by atoms with Crippen molar-refractivity contribution in [2.24, 2.45) is 7.05 Å². The van der Waals surface area contributed by atoms with Crippen LogP contribution in [0.2, 0.25) is 5.02 Å². The highest BCUT2D eigenvalue weighted by molar-refractivity contribution is 7.22. The molecule has 0 spiro atoms. The summed E-state index contributed by atoms with van der Waals surface area (Å²) in [5.74, 6) is 0.927. The van der Waals surface area contributed by atoms with Crippen LogP contribution in [-0.4, -0.2) is 14.5 Å². The first kappa shape index (κ1) is 15.2. The maximum Gasteiger partial charge on any atom is 0.184 e. The van der Waals surface area contributed by atoms with Gasteiger partial charge in [0, 0.05) is 24.5 Å². The highest BCUT2D eigenvalue weighted by atomic mass is 35.5. The van der Waals surface area contributed by atoms with Crippen LogP contribution in [-0.2, 0) is 7.05 Å². The summed E-state index contributed by atoms with van der Waals surface area (Å²) >= 11 is 7.68. The van der Waals surface area contributed by atoms with Crippen molar-refractivity contribution in [1.29, 1.82) is 0 Å². The Kier molecular flexibility index (Phi) is 3.96. The normalized spacial score (nSPS) is 12.4. The predicted molar refractivity (Wildman–Crippen MR) is 99.7 cm³/mol. The zero-order valence-corrected chi connectivity index (χ0v) is 14.6. The number of anilines is 1. The second-order valence-corrected chi connectivity index (χ2v) is 6.98. The molecule has 0 bridgehead atoms. The molecule has 0 amide bonds. The number of imidazole rings is 1. The SMILES string of the molecule is Cn1ccnc1C(Nc1nc2ccccc2s1)c1ccc(Cl)cc1. The van der Waals surface area contributed by atoms with E-state index >= 15 is 0 Å². The molecule has 0 aliphatic rings. The lowest BCUT2D eigenvalue weighted by molar-refractivity contribution is 0.748. The zero-order chi connectivity index (χ0) is 16.5. The second-order valence-electron chi connectivity index (χ2n) is 5.51. The molecule has 2 aromatic heterocycles. The summed E-state index contributed by atoms with van der Waals surface area (Å²) in [6.45, 7) is 0. The molecule has 0 aliphatic carbocycles. The van der Waals surface area contributed by atoms with Crippen molar-refractivity contribution in [1.82, 2.24) is 14.5 Å². The van der Waals surface area contributed by atoms with Crippen molar-refractivity contribution in [3.05, 3.63) is 77.3 Å². The molecule has 4 nitrogen and oxygen atoms in total. The summed E-state index contributed by atoms with van der Waals surface area (Å²) in [5.41, 5.74) is 2.09. The van der Waals surface area contributed by atoms with E-state index in [1.807, 2.05) is 60.3 Å². The Bertz CT molecular complexity index is 941. The van der Waals surface area contributed by atoms with E-state index in [4.69, 9.17) is 11.6 Å². The van der Waals surface area contributed by atoms with Gasteiger partial charge in [-0.25, -0.2) is 9.97 Å². The summed E-state index contributed by atoms with van der Waals surface area (Å²) in [4.78, 5) is 9.19. The van der Waals surface area contributed by atoms with Crippen molar-refractivity contribution in [3.8, 4) is 0 Å². The minimum absolute atomic E-state index is 0.0946. The van der Waals surface area contributed by atoms with E-state index in [0.29, 0.717) is 0 Å². The van der Waals surface area contributed by atoms with E-state index in [0.717, 1.165) is 31.8 Å². The molecule has 120 valence electrons. The first-order valence-corrected chi connectivity index (χ1v) is 8.75. The van der Waals surface area contributed by atoms with Crippen molar-refractivity contribution < 1.29 is 0 Å². The fourth-order valence-corrected chi connectivity index (χ4v) is 3.68. The Balaban J connectivity index is 1.75. The maximum atomic E-state index is 6.03.